The third kappa shape index (κ3) is 3.99. The Morgan fingerprint density at radius 3 is 2.74 bits per heavy atom. The molecule has 0 aliphatic rings. The number of nitrogens with one attached hydrogen (secondary N) is 2. The van der Waals surface area contributed by atoms with E-state index in [4.69, 9.17) is 9.84 Å². The highest BCUT2D eigenvalue weighted by molar-refractivity contribution is 5.99. The molecule has 0 spiro atoms. The van der Waals surface area contributed by atoms with Crippen LogP contribution in [0.4, 0.5) is 10.5 Å². The van der Waals surface area contributed by atoms with Crippen molar-refractivity contribution in [3.05, 3.63) is 17.5 Å². The van der Waals surface area contributed by atoms with Crippen LogP contribution in [0.3, 0.4) is 0 Å². The summed E-state index contributed by atoms with van der Waals surface area (Å²) in [5, 5.41) is 11.6. The summed E-state index contributed by atoms with van der Waals surface area (Å²) in [6, 6.07) is 1.19. The number of H-pyrrole nitrogens is 1. The number of aromatic nitrogens is 1. The van der Waals surface area contributed by atoms with Crippen molar-refractivity contribution >= 4 is 17.7 Å². The van der Waals surface area contributed by atoms with Crippen molar-refractivity contribution < 1.29 is 19.4 Å². The number of carbonyl (C=O) groups excluding carboxylic acids is 1. The molecule has 7 nitrogen and oxygen atoms in total. The molecule has 1 heterocycles. The van der Waals surface area contributed by atoms with E-state index in [1.54, 1.807) is 27.1 Å². The second kappa shape index (κ2) is 6.24. The first-order valence-electron chi connectivity index (χ1n) is 5.83. The molecule has 0 bridgehead atoms. The summed E-state index contributed by atoms with van der Waals surface area (Å²) in [5.74, 6) is -1.11. The Morgan fingerprint density at radius 1 is 1.58 bits per heavy atom. The summed E-state index contributed by atoms with van der Waals surface area (Å²) in [4.78, 5) is 27.0. The maximum absolute atomic E-state index is 11.9. The van der Waals surface area contributed by atoms with Gasteiger partial charge in [-0.05, 0) is 19.9 Å². The lowest BCUT2D eigenvalue weighted by atomic mass is 10.3. The molecular formula is C12H19N3O4. The largest absolute Gasteiger partial charge is 0.477 e. The van der Waals surface area contributed by atoms with Crippen molar-refractivity contribution in [2.24, 2.45) is 0 Å². The Kier molecular flexibility index (Phi) is 4.94. The van der Waals surface area contributed by atoms with Crippen molar-refractivity contribution in [1.82, 2.24) is 9.88 Å². The number of carboxylic acids is 1. The molecule has 106 valence electrons. The molecule has 2 amide bonds. The topological polar surface area (TPSA) is 94.7 Å². The van der Waals surface area contributed by atoms with E-state index in [1.807, 2.05) is 6.92 Å². The molecule has 7 heteroatoms. The van der Waals surface area contributed by atoms with Gasteiger partial charge in [-0.2, -0.15) is 0 Å². The van der Waals surface area contributed by atoms with Crippen molar-refractivity contribution in [1.29, 1.82) is 0 Å². The lowest BCUT2D eigenvalue weighted by molar-refractivity contribution is 0.0692. The number of aromatic carboxylic acids is 1. The first-order valence-corrected chi connectivity index (χ1v) is 5.83. The maximum Gasteiger partial charge on any atom is 0.354 e. The van der Waals surface area contributed by atoms with Crippen LogP contribution in [0.25, 0.3) is 0 Å². The number of methoxy groups -OCH3 is 1. The fraction of sp³-hybridized carbons (Fsp3) is 0.500. The van der Waals surface area contributed by atoms with Crippen LogP contribution in [-0.2, 0) is 4.74 Å². The van der Waals surface area contributed by atoms with Gasteiger partial charge in [-0.1, -0.05) is 0 Å². The Morgan fingerprint density at radius 2 is 2.21 bits per heavy atom. The van der Waals surface area contributed by atoms with Gasteiger partial charge >= 0.3 is 12.0 Å². The molecular weight excluding hydrogens is 250 g/mol. The van der Waals surface area contributed by atoms with Crippen molar-refractivity contribution in [2.75, 3.05) is 26.0 Å². The zero-order chi connectivity index (χ0) is 14.6. The molecule has 0 aliphatic carbocycles. The smallest absolute Gasteiger partial charge is 0.354 e. The van der Waals surface area contributed by atoms with Crippen LogP contribution in [0.1, 0.15) is 23.1 Å². The number of aromatic amines is 1. The molecule has 0 radical (unpaired) electrons. The van der Waals surface area contributed by atoms with Gasteiger partial charge in [0.25, 0.3) is 0 Å². The number of aryl methyl sites for hydroxylation is 1. The Bertz CT molecular complexity index is 470. The van der Waals surface area contributed by atoms with Crippen LogP contribution in [0.15, 0.2) is 6.07 Å². The summed E-state index contributed by atoms with van der Waals surface area (Å²) in [5.41, 5.74) is 0.895. The molecule has 1 atom stereocenters. The van der Waals surface area contributed by atoms with Crippen LogP contribution in [-0.4, -0.2) is 53.8 Å². The molecule has 0 aliphatic heterocycles. The summed E-state index contributed by atoms with van der Waals surface area (Å²) in [6.07, 6.45) is -0.0948. The van der Waals surface area contributed by atoms with Crippen molar-refractivity contribution in [3.63, 3.8) is 0 Å². The Hall–Kier alpha value is -2.02. The first kappa shape index (κ1) is 15.0. The zero-order valence-electron chi connectivity index (χ0n) is 11.5. The van der Waals surface area contributed by atoms with Crippen LogP contribution in [0, 0.1) is 6.92 Å². The minimum Gasteiger partial charge on any atom is -0.477 e. The molecule has 0 fully saturated rings. The number of likely N-dealkylation sites (N-methyl/N-ethyl adjacent to an activating group) is 1. The quantitative estimate of drug-likeness (QED) is 0.755. The Balaban J connectivity index is 2.74. The number of hydrogen-bond acceptors (Lipinski definition) is 3. The van der Waals surface area contributed by atoms with Gasteiger partial charge in [0.05, 0.1) is 11.8 Å². The normalized spacial score (nSPS) is 12.0. The lowest BCUT2D eigenvalue weighted by Gasteiger charge is -2.21. The van der Waals surface area contributed by atoms with E-state index in [0.29, 0.717) is 12.2 Å². The summed E-state index contributed by atoms with van der Waals surface area (Å²) in [7, 11) is 3.18. The molecule has 0 saturated heterocycles. The number of amides is 2. The third-order valence-electron chi connectivity index (χ3n) is 2.69. The Labute approximate surface area is 111 Å². The monoisotopic (exact) mass is 269 g/mol. The average Bonchev–Trinajstić information content (AvgIpc) is 2.70. The second-order valence-electron chi connectivity index (χ2n) is 4.40. The molecule has 19 heavy (non-hydrogen) atoms. The van der Waals surface area contributed by atoms with Gasteiger partial charge in [-0.25, -0.2) is 9.59 Å². The highest BCUT2D eigenvalue weighted by Gasteiger charge is 2.18. The highest BCUT2D eigenvalue weighted by atomic mass is 16.5. The van der Waals surface area contributed by atoms with E-state index in [0.717, 1.165) is 0 Å². The predicted octanol–water partition coefficient (Wildman–Crippen LogP) is 1.52. The van der Waals surface area contributed by atoms with Gasteiger partial charge in [0.1, 0.15) is 5.69 Å². The number of carboxylic acid groups (broad SMARTS) is 1. The molecule has 3 N–H and O–H groups in total. The van der Waals surface area contributed by atoms with E-state index in [1.165, 1.54) is 4.90 Å². The number of nitrogens with zero attached hydrogens (tertiary/aromatic N) is 1. The minimum absolute atomic E-state index is 0.0287. The van der Waals surface area contributed by atoms with Crippen LogP contribution in [0.5, 0.6) is 0 Å². The van der Waals surface area contributed by atoms with Gasteiger partial charge in [-0.15, -0.1) is 0 Å². The van der Waals surface area contributed by atoms with Crippen LogP contribution >= 0.6 is 0 Å². The summed E-state index contributed by atoms with van der Waals surface area (Å²) in [6.45, 7) is 3.97. The minimum atomic E-state index is -1.11. The molecule has 1 rings (SSSR count). The fourth-order valence-electron chi connectivity index (χ4n) is 1.61. The van der Waals surface area contributed by atoms with Crippen LogP contribution in [0.2, 0.25) is 0 Å². The van der Waals surface area contributed by atoms with Gasteiger partial charge < -0.3 is 25.0 Å². The number of urea groups is 1. The molecule has 1 aromatic rings. The van der Waals surface area contributed by atoms with Crippen molar-refractivity contribution in [3.8, 4) is 0 Å². The molecule has 0 aromatic carbocycles. The van der Waals surface area contributed by atoms with Gasteiger partial charge in [0.15, 0.2) is 0 Å². The van der Waals surface area contributed by atoms with E-state index < -0.39 is 5.97 Å². The maximum atomic E-state index is 11.9. The standard InChI is InChI=1S/C12H19N3O4/c1-7-5-9(10(13-7)11(16)17)14-12(18)15(3)6-8(2)19-4/h5,8,13H,6H2,1-4H3,(H,14,18)(H,16,17). The third-order valence-corrected chi connectivity index (χ3v) is 2.69. The number of rotatable bonds is 5. The second-order valence-corrected chi connectivity index (χ2v) is 4.40. The number of carbonyl (C=O) groups is 2. The molecule has 0 saturated carbocycles. The van der Waals surface area contributed by atoms with E-state index in [-0.39, 0.29) is 23.5 Å². The average molecular weight is 269 g/mol. The SMILES string of the molecule is COC(C)CN(C)C(=O)Nc1cc(C)[nH]c1C(=O)O. The molecule has 1 unspecified atom stereocenters. The number of anilines is 1. The lowest BCUT2D eigenvalue weighted by Crippen LogP contribution is -2.37. The van der Waals surface area contributed by atoms with Gasteiger partial charge in [0, 0.05) is 26.4 Å². The van der Waals surface area contributed by atoms with E-state index in [2.05, 4.69) is 10.3 Å². The van der Waals surface area contributed by atoms with Gasteiger partial charge in [-0.3, -0.25) is 0 Å². The first-order chi connectivity index (χ1) is 8.85. The molecule has 1 aromatic heterocycles. The van der Waals surface area contributed by atoms with E-state index in [9.17, 15) is 9.59 Å². The fourth-order valence-corrected chi connectivity index (χ4v) is 1.61. The summed E-state index contributed by atoms with van der Waals surface area (Å²) >= 11 is 0. The van der Waals surface area contributed by atoms with Gasteiger partial charge in [0.2, 0.25) is 0 Å². The zero-order valence-corrected chi connectivity index (χ0v) is 11.5. The van der Waals surface area contributed by atoms with Crippen LogP contribution < -0.4 is 5.32 Å². The highest BCUT2D eigenvalue weighted by Crippen LogP contribution is 2.17. The predicted molar refractivity (Wildman–Crippen MR) is 70.6 cm³/mol. The van der Waals surface area contributed by atoms with Crippen molar-refractivity contribution in [2.45, 2.75) is 20.0 Å². The number of hydrogen-bond donors (Lipinski definition) is 3. The summed E-state index contributed by atoms with van der Waals surface area (Å²) < 4.78 is 5.07. The van der Waals surface area contributed by atoms with E-state index >= 15 is 0 Å². The number of ether oxygens (including phenoxy) is 1.